The first-order chi connectivity index (χ1) is 13.2. The first-order valence-corrected chi connectivity index (χ1v) is 9.78. The van der Waals surface area contributed by atoms with E-state index in [2.05, 4.69) is 27.4 Å². The van der Waals surface area contributed by atoms with E-state index in [9.17, 15) is 5.11 Å². The van der Waals surface area contributed by atoms with Crippen molar-refractivity contribution in [2.45, 2.75) is 38.8 Å². The Morgan fingerprint density at radius 3 is 2.70 bits per heavy atom. The Labute approximate surface area is 162 Å². The first-order valence-electron chi connectivity index (χ1n) is 9.78. The molecule has 7 heteroatoms. The molecule has 1 fully saturated rings. The molecule has 2 rings (SSSR count). The summed E-state index contributed by atoms with van der Waals surface area (Å²) in [5, 5.41) is 16.8. The maximum atomic E-state index is 9.91. The summed E-state index contributed by atoms with van der Waals surface area (Å²) in [4.78, 5) is 7.17. The number of hydrogen-bond acceptors (Lipinski definition) is 5. The Hall–Kier alpha value is -1.99. The molecule has 0 unspecified atom stereocenters. The highest BCUT2D eigenvalue weighted by molar-refractivity contribution is 5.80. The number of methoxy groups -OCH3 is 2. The minimum absolute atomic E-state index is 0.143. The van der Waals surface area contributed by atoms with Crippen LogP contribution in [-0.4, -0.2) is 69.0 Å². The summed E-state index contributed by atoms with van der Waals surface area (Å²) in [7, 11) is 3.30. The van der Waals surface area contributed by atoms with Gasteiger partial charge in [-0.1, -0.05) is 6.07 Å². The largest absolute Gasteiger partial charge is 0.504 e. The number of aliphatic imine (C=N–C) groups is 1. The van der Waals surface area contributed by atoms with E-state index in [1.165, 1.54) is 0 Å². The van der Waals surface area contributed by atoms with Crippen LogP contribution in [0.1, 0.15) is 31.7 Å². The number of nitrogens with one attached hydrogen (secondary N) is 2. The Kier molecular flexibility index (Phi) is 9.21. The monoisotopic (exact) mass is 378 g/mol. The molecule has 1 saturated heterocycles. The molecule has 1 aromatic carbocycles. The first kappa shape index (κ1) is 21.3. The van der Waals surface area contributed by atoms with Gasteiger partial charge in [0.1, 0.15) is 0 Å². The molecule has 0 aromatic heterocycles. The van der Waals surface area contributed by atoms with Crippen LogP contribution in [0.4, 0.5) is 0 Å². The second-order valence-electron chi connectivity index (χ2n) is 6.81. The Morgan fingerprint density at radius 1 is 1.30 bits per heavy atom. The predicted octanol–water partition coefficient (Wildman–Crippen LogP) is 1.96. The van der Waals surface area contributed by atoms with Crippen molar-refractivity contribution in [2.75, 3.05) is 47.0 Å². The number of guanidine groups is 1. The van der Waals surface area contributed by atoms with Gasteiger partial charge in [-0.2, -0.15) is 0 Å². The Morgan fingerprint density at radius 2 is 2.07 bits per heavy atom. The van der Waals surface area contributed by atoms with Crippen LogP contribution in [0.15, 0.2) is 23.2 Å². The van der Waals surface area contributed by atoms with Gasteiger partial charge >= 0.3 is 0 Å². The fraction of sp³-hybridized carbons (Fsp3) is 0.650. The molecule has 1 aliphatic heterocycles. The third kappa shape index (κ3) is 7.27. The van der Waals surface area contributed by atoms with Crippen LogP contribution in [0.5, 0.6) is 11.5 Å². The highest BCUT2D eigenvalue weighted by Gasteiger charge is 2.19. The molecule has 0 bridgehead atoms. The molecule has 0 spiro atoms. The average Bonchev–Trinajstić information content (AvgIpc) is 2.68. The van der Waals surface area contributed by atoms with Gasteiger partial charge in [0.05, 0.1) is 13.7 Å². The summed E-state index contributed by atoms with van der Waals surface area (Å²) in [6.45, 7) is 7.53. The molecule has 1 aromatic rings. The number of likely N-dealkylation sites (tertiary alicyclic amines) is 1. The van der Waals surface area contributed by atoms with E-state index in [-0.39, 0.29) is 5.75 Å². The van der Waals surface area contributed by atoms with Crippen LogP contribution in [-0.2, 0) is 11.3 Å². The van der Waals surface area contributed by atoms with Crippen molar-refractivity contribution in [1.82, 2.24) is 15.5 Å². The number of benzene rings is 1. The third-order valence-corrected chi connectivity index (χ3v) is 4.76. The van der Waals surface area contributed by atoms with Crippen molar-refractivity contribution >= 4 is 5.96 Å². The number of piperidine rings is 1. The van der Waals surface area contributed by atoms with Gasteiger partial charge in [-0.15, -0.1) is 0 Å². The average molecular weight is 379 g/mol. The van der Waals surface area contributed by atoms with Crippen LogP contribution >= 0.6 is 0 Å². The minimum atomic E-state index is 0.143. The quantitative estimate of drug-likeness (QED) is 0.346. The van der Waals surface area contributed by atoms with E-state index in [4.69, 9.17) is 9.47 Å². The lowest BCUT2D eigenvalue weighted by atomic mass is 10.1. The molecule has 0 atom stereocenters. The number of ether oxygens (including phenoxy) is 2. The molecule has 152 valence electrons. The van der Waals surface area contributed by atoms with Crippen molar-refractivity contribution in [3.8, 4) is 11.5 Å². The van der Waals surface area contributed by atoms with E-state index in [0.717, 1.165) is 63.6 Å². The van der Waals surface area contributed by atoms with Crippen LogP contribution in [0.3, 0.4) is 0 Å². The molecular weight excluding hydrogens is 344 g/mol. The summed E-state index contributed by atoms with van der Waals surface area (Å²) in [5.74, 6) is 1.44. The van der Waals surface area contributed by atoms with Gasteiger partial charge in [-0.3, -0.25) is 0 Å². The zero-order valence-corrected chi connectivity index (χ0v) is 16.8. The van der Waals surface area contributed by atoms with Gasteiger partial charge in [0.15, 0.2) is 17.5 Å². The SMILES string of the molecule is CCNC(=NCc1ccc(OC)c(O)c1)NC1CCN(CCCOC)CC1. The van der Waals surface area contributed by atoms with Crippen molar-refractivity contribution in [2.24, 2.45) is 4.99 Å². The molecular formula is C20H34N4O3. The maximum absolute atomic E-state index is 9.91. The number of phenolic OH excluding ortho intramolecular Hbond substituents is 1. The maximum Gasteiger partial charge on any atom is 0.191 e. The second-order valence-corrected chi connectivity index (χ2v) is 6.81. The van der Waals surface area contributed by atoms with Crippen LogP contribution in [0, 0.1) is 0 Å². The molecule has 1 aliphatic rings. The van der Waals surface area contributed by atoms with E-state index in [1.54, 1.807) is 26.4 Å². The highest BCUT2D eigenvalue weighted by Crippen LogP contribution is 2.26. The predicted molar refractivity (Wildman–Crippen MR) is 109 cm³/mol. The summed E-state index contributed by atoms with van der Waals surface area (Å²) in [6, 6.07) is 5.82. The van der Waals surface area contributed by atoms with E-state index < -0.39 is 0 Å². The van der Waals surface area contributed by atoms with Crippen molar-refractivity contribution in [3.05, 3.63) is 23.8 Å². The fourth-order valence-electron chi connectivity index (χ4n) is 3.25. The van der Waals surface area contributed by atoms with Gasteiger partial charge < -0.3 is 30.1 Å². The van der Waals surface area contributed by atoms with Gasteiger partial charge in [-0.05, 0) is 43.9 Å². The van der Waals surface area contributed by atoms with Crippen LogP contribution in [0.25, 0.3) is 0 Å². The van der Waals surface area contributed by atoms with Crippen LogP contribution < -0.4 is 15.4 Å². The Balaban J connectivity index is 1.84. The van der Waals surface area contributed by atoms with Gasteiger partial charge in [0, 0.05) is 45.9 Å². The highest BCUT2D eigenvalue weighted by atomic mass is 16.5. The molecule has 0 aliphatic carbocycles. The molecule has 0 saturated carbocycles. The zero-order valence-electron chi connectivity index (χ0n) is 16.8. The number of rotatable bonds is 9. The zero-order chi connectivity index (χ0) is 19.5. The molecule has 7 nitrogen and oxygen atoms in total. The number of hydrogen-bond donors (Lipinski definition) is 3. The van der Waals surface area contributed by atoms with Crippen molar-refractivity contribution < 1.29 is 14.6 Å². The fourth-order valence-corrected chi connectivity index (χ4v) is 3.25. The molecule has 27 heavy (non-hydrogen) atoms. The molecule has 0 amide bonds. The van der Waals surface area contributed by atoms with E-state index >= 15 is 0 Å². The van der Waals surface area contributed by atoms with Gasteiger partial charge in [-0.25, -0.2) is 4.99 Å². The number of aromatic hydroxyl groups is 1. The summed E-state index contributed by atoms with van der Waals surface area (Å²) < 4.78 is 10.2. The van der Waals surface area contributed by atoms with E-state index in [0.29, 0.717) is 18.3 Å². The van der Waals surface area contributed by atoms with Crippen LogP contribution in [0.2, 0.25) is 0 Å². The summed E-state index contributed by atoms with van der Waals surface area (Å²) in [6.07, 6.45) is 3.31. The van der Waals surface area contributed by atoms with Crippen molar-refractivity contribution in [1.29, 1.82) is 0 Å². The molecule has 1 heterocycles. The summed E-state index contributed by atoms with van der Waals surface area (Å²) in [5.41, 5.74) is 0.943. The Bertz CT molecular complexity index is 587. The lowest BCUT2D eigenvalue weighted by molar-refractivity contribution is 0.155. The third-order valence-electron chi connectivity index (χ3n) is 4.76. The lowest BCUT2D eigenvalue weighted by Crippen LogP contribution is -2.48. The summed E-state index contributed by atoms with van der Waals surface area (Å²) >= 11 is 0. The lowest BCUT2D eigenvalue weighted by Gasteiger charge is -2.33. The number of phenols is 1. The standard InChI is InChI=1S/C20H34N4O3/c1-4-21-20(22-15-16-6-7-19(27-3)18(25)14-16)23-17-8-11-24(12-9-17)10-5-13-26-2/h6-7,14,17,25H,4-5,8-13,15H2,1-3H3,(H2,21,22,23). The minimum Gasteiger partial charge on any atom is -0.504 e. The molecule has 0 radical (unpaired) electrons. The van der Waals surface area contributed by atoms with Gasteiger partial charge in [0.2, 0.25) is 0 Å². The molecule has 3 N–H and O–H groups in total. The van der Waals surface area contributed by atoms with Crippen molar-refractivity contribution in [3.63, 3.8) is 0 Å². The topological polar surface area (TPSA) is 78.4 Å². The van der Waals surface area contributed by atoms with Gasteiger partial charge in [0.25, 0.3) is 0 Å². The normalized spacial score (nSPS) is 16.3. The smallest absolute Gasteiger partial charge is 0.191 e. The number of nitrogens with zero attached hydrogens (tertiary/aromatic N) is 2. The second kappa shape index (κ2) is 11.7. The van der Waals surface area contributed by atoms with E-state index in [1.807, 2.05) is 6.07 Å².